The molecular weight excluding hydrogens is 434 g/mol. The van der Waals surface area contributed by atoms with Gasteiger partial charge < -0.3 is 14.4 Å². The monoisotopic (exact) mass is 469 g/mol. The Balaban J connectivity index is 1.66. The number of esters is 1. The second-order valence-corrected chi connectivity index (χ2v) is 9.54. The number of hydrogen-bond acceptors (Lipinski definition) is 5. The van der Waals surface area contributed by atoms with E-state index in [9.17, 15) is 9.59 Å². The SMILES string of the molecule is CCCCC1SC(c2cccc(Oc3ccccc3)c2)N(CCCCCC(=O)OCC)C1=O. The molecule has 2 aromatic rings. The molecule has 33 heavy (non-hydrogen) atoms. The summed E-state index contributed by atoms with van der Waals surface area (Å²) in [5.41, 5.74) is 1.09. The molecule has 0 aliphatic carbocycles. The number of hydrogen-bond donors (Lipinski definition) is 0. The van der Waals surface area contributed by atoms with E-state index in [-0.39, 0.29) is 22.5 Å². The van der Waals surface area contributed by atoms with Crippen molar-refractivity contribution >= 4 is 23.6 Å². The fraction of sp³-hybridized carbons (Fsp3) is 0.481. The quantitative estimate of drug-likeness (QED) is 0.240. The van der Waals surface area contributed by atoms with Crippen LogP contribution in [0.2, 0.25) is 0 Å². The molecule has 2 aromatic carbocycles. The van der Waals surface area contributed by atoms with Crippen LogP contribution in [-0.2, 0) is 14.3 Å². The van der Waals surface area contributed by atoms with Crippen molar-refractivity contribution in [2.45, 2.75) is 69.4 Å². The molecule has 178 valence electrons. The second-order valence-electron chi connectivity index (χ2n) is 8.25. The van der Waals surface area contributed by atoms with Gasteiger partial charge in [0.05, 0.1) is 11.9 Å². The van der Waals surface area contributed by atoms with Gasteiger partial charge in [-0.3, -0.25) is 9.59 Å². The molecule has 0 bridgehead atoms. The number of carbonyl (C=O) groups is 2. The molecule has 1 aliphatic heterocycles. The summed E-state index contributed by atoms with van der Waals surface area (Å²) in [7, 11) is 0. The highest BCUT2D eigenvalue weighted by Crippen LogP contribution is 2.45. The predicted octanol–water partition coefficient (Wildman–Crippen LogP) is 6.74. The zero-order valence-corrected chi connectivity index (χ0v) is 20.5. The van der Waals surface area contributed by atoms with Crippen molar-refractivity contribution in [1.29, 1.82) is 0 Å². The number of benzene rings is 2. The third-order valence-electron chi connectivity index (χ3n) is 5.66. The molecule has 1 amide bonds. The first-order valence-corrected chi connectivity index (χ1v) is 13.0. The lowest BCUT2D eigenvalue weighted by molar-refractivity contribution is -0.143. The predicted molar refractivity (Wildman–Crippen MR) is 133 cm³/mol. The Morgan fingerprint density at radius 1 is 0.970 bits per heavy atom. The summed E-state index contributed by atoms with van der Waals surface area (Å²) in [5.74, 6) is 1.67. The van der Waals surface area contributed by atoms with Gasteiger partial charge in [-0.2, -0.15) is 0 Å². The van der Waals surface area contributed by atoms with E-state index in [1.807, 2.05) is 60.4 Å². The molecule has 0 radical (unpaired) electrons. The van der Waals surface area contributed by atoms with Crippen LogP contribution >= 0.6 is 11.8 Å². The average molecular weight is 470 g/mol. The summed E-state index contributed by atoms with van der Waals surface area (Å²) in [5, 5.41) is -0.00286. The number of rotatable bonds is 13. The van der Waals surface area contributed by atoms with Crippen molar-refractivity contribution in [2.75, 3.05) is 13.2 Å². The minimum absolute atomic E-state index is 0.00757. The van der Waals surface area contributed by atoms with Crippen LogP contribution in [-0.4, -0.2) is 35.2 Å². The first-order chi connectivity index (χ1) is 16.1. The normalized spacial score (nSPS) is 17.9. The van der Waals surface area contributed by atoms with Crippen LogP contribution in [0.5, 0.6) is 11.5 Å². The Morgan fingerprint density at radius 2 is 1.76 bits per heavy atom. The minimum Gasteiger partial charge on any atom is -0.466 e. The van der Waals surface area contributed by atoms with Crippen LogP contribution in [0.15, 0.2) is 54.6 Å². The van der Waals surface area contributed by atoms with Crippen LogP contribution in [0, 0.1) is 0 Å². The summed E-state index contributed by atoms with van der Waals surface area (Å²) in [6, 6.07) is 17.8. The van der Waals surface area contributed by atoms with E-state index in [4.69, 9.17) is 9.47 Å². The van der Waals surface area contributed by atoms with Crippen LogP contribution < -0.4 is 4.74 Å². The second kappa shape index (κ2) is 13.3. The summed E-state index contributed by atoms with van der Waals surface area (Å²) < 4.78 is 11.0. The van der Waals surface area contributed by atoms with Crippen molar-refractivity contribution in [3.63, 3.8) is 0 Å². The van der Waals surface area contributed by atoms with Crippen molar-refractivity contribution in [1.82, 2.24) is 4.90 Å². The van der Waals surface area contributed by atoms with Gasteiger partial charge in [-0.05, 0) is 56.0 Å². The minimum atomic E-state index is -0.141. The van der Waals surface area contributed by atoms with Gasteiger partial charge in [-0.15, -0.1) is 11.8 Å². The van der Waals surface area contributed by atoms with Gasteiger partial charge in [0.15, 0.2) is 0 Å². The number of thioether (sulfide) groups is 1. The van der Waals surface area contributed by atoms with Crippen LogP contribution in [0.4, 0.5) is 0 Å². The third-order valence-corrected chi connectivity index (χ3v) is 7.21. The number of nitrogens with zero attached hydrogens (tertiary/aromatic N) is 1. The maximum absolute atomic E-state index is 13.2. The Labute approximate surface area is 201 Å². The van der Waals surface area contributed by atoms with E-state index in [2.05, 4.69) is 13.0 Å². The van der Waals surface area contributed by atoms with Crippen LogP contribution in [0.25, 0.3) is 0 Å². The van der Waals surface area contributed by atoms with Crippen molar-refractivity contribution < 1.29 is 19.1 Å². The standard InChI is InChI=1S/C27H35NO4S/c1-3-5-17-24-26(30)28(19-11-7-10-18-25(29)31-4-2)27(33-24)21-13-12-16-23(20-21)32-22-14-8-6-9-15-22/h6,8-9,12-16,20,24,27H,3-5,7,10-11,17-19H2,1-2H3. The molecule has 1 aliphatic rings. The Kier molecular flexibility index (Phi) is 10.1. The first-order valence-electron chi connectivity index (χ1n) is 12.1. The molecule has 1 fully saturated rings. The number of carbonyl (C=O) groups excluding carboxylic acids is 2. The van der Waals surface area contributed by atoms with Gasteiger partial charge in [0.1, 0.15) is 16.9 Å². The molecule has 2 atom stereocenters. The maximum atomic E-state index is 13.2. The average Bonchev–Trinajstić information content (AvgIpc) is 3.14. The van der Waals surface area contributed by atoms with Crippen molar-refractivity contribution in [2.24, 2.45) is 0 Å². The van der Waals surface area contributed by atoms with Gasteiger partial charge in [0.25, 0.3) is 0 Å². The van der Waals surface area contributed by atoms with Crippen LogP contribution in [0.3, 0.4) is 0 Å². The number of para-hydroxylation sites is 1. The molecule has 0 spiro atoms. The topological polar surface area (TPSA) is 55.8 Å². The molecule has 6 heteroatoms. The molecule has 0 N–H and O–H groups in total. The molecule has 2 unspecified atom stereocenters. The number of ether oxygens (including phenoxy) is 2. The molecule has 5 nitrogen and oxygen atoms in total. The van der Waals surface area contributed by atoms with E-state index in [0.717, 1.165) is 55.6 Å². The van der Waals surface area contributed by atoms with E-state index in [1.165, 1.54) is 0 Å². The molecule has 0 saturated carbocycles. The third kappa shape index (κ3) is 7.53. The van der Waals surface area contributed by atoms with Gasteiger partial charge in [-0.1, -0.05) is 56.5 Å². The van der Waals surface area contributed by atoms with Gasteiger partial charge in [0.2, 0.25) is 5.91 Å². The highest BCUT2D eigenvalue weighted by atomic mass is 32.2. The van der Waals surface area contributed by atoms with E-state index in [1.54, 1.807) is 11.8 Å². The summed E-state index contributed by atoms with van der Waals surface area (Å²) in [6.07, 6.45) is 6.07. The van der Waals surface area contributed by atoms with Crippen molar-refractivity contribution in [3.8, 4) is 11.5 Å². The Hall–Kier alpha value is -2.47. The number of unbranched alkanes of at least 4 members (excludes halogenated alkanes) is 3. The van der Waals surface area contributed by atoms with Gasteiger partial charge in [0, 0.05) is 13.0 Å². The van der Waals surface area contributed by atoms with E-state index in [0.29, 0.717) is 19.6 Å². The van der Waals surface area contributed by atoms with Gasteiger partial charge in [-0.25, -0.2) is 0 Å². The lowest BCUT2D eigenvalue weighted by atomic mass is 10.1. The van der Waals surface area contributed by atoms with Crippen LogP contribution in [0.1, 0.15) is 69.7 Å². The summed E-state index contributed by atoms with van der Waals surface area (Å²) in [4.78, 5) is 26.8. The van der Waals surface area contributed by atoms with E-state index < -0.39 is 0 Å². The number of amides is 1. The fourth-order valence-corrected chi connectivity index (χ4v) is 5.50. The fourth-order valence-electron chi connectivity index (χ4n) is 3.97. The zero-order valence-electron chi connectivity index (χ0n) is 19.7. The highest BCUT2D eigenvalue weighted by Gasteiger charge is 2.40. The molecule has 0 aromatic heterocycles. The van der Waals surface area contributed by atoms with E-state index >= 15 is 0 Å². The molecule has 1 saturated heterocycles. The molecule has 3 rings (SSSR count). The lowest BCUT2D eigenvalue weighted by Crippen LogP contribution is -2.32. The van der Waals surface area contributed by atoms with Gasteiger partial charge >= 0.3 is 5.97 Å². The maximum Gasteiger partial charge on any atom is 0.305 e. The summed E-state index contributed by atoms with van der Waals surface area (Å²) in [6.45, 7) is 5.11. The summed E-state index contributed by atoms with van der Waals surface area (Å²) >= 11 is 1.76. The first kappa shape index (κ1) is 25.2. The Morgan fingerprint density at radius 3 is 2.52 bits per heavy atom. The van der Waals surface area contributed by atoms with Crippen molar-refractivity contribution in [3.05, 3.63) is 60.2 Å². The highest BCUT2D eigenvalue weighted by molar-refractivity contribution is 8.01. The lowest BCUT2D eigenvalue weighted by Gasteiger charge is -2.24. The molecule has 1 heterocycles. The zero-order chi connectivity index (χ0) is 23.5. The Bertz CT molecular complexity index is 889. The molecular formula is C27H35NO4S. The smallest absolute Gasteiger partial charge is 0.305 e. The largest absolute Gasteiger partial charge is 0.466 e.